The zero-order valence-electron chi connectivity index (χ0n) is 12.8. The maximum absolute atomic E-state index is 7.60. The van der Waals surface area contributed by atoms with Gasteiger partial charge in [0, 0.05) is 34.9 Å². The van der Waals surface area contributed by atoms with Gasteiger partial charge in [-0.25, -0.2) is 0 Å². The van der Waals surface area contributed by atoms with Crippen molar-refractivity contribution < 1.29 is 0 Å². The number of rotatable bonds is 3. The molecule has 0 unspecified atom stereocenters. The van der Waals surface area contributed by atoms with Crippen LogP contribution in [0.3, 0.4) is 0 Å². The fourth-order valence-electron chi connectivity index (χ4n) is 1.79. The standard InChI is InChI=1S/C15H13Cl2N3.C2H6/c1-9(18)11-4-2-10(6-15(11)19)3-5-12-13(16)7-20-8-14(12)17;1-2/h2-8,18H,19H2,1H3;1-2H3/b5-3+,18-9?;. The topological polar surface area (TPSA) is 62.8 Å². The molecule has 0 atom stereocenters. The number of halogens is 2. The first-order valence-corrected chi connectivity index (χ1v) is 7.67. The minimum Gasteiger partial charge on any atom is -0.398 e. The molecule has 3 N–H and O–H groups in total. The van der Waals surface area contributed by atoms with Crippen molar-refractivity contribution in [2.24, 2.45) is 0 Å². The van der Waals surface area contributed by atoms with Crippen LogP contribution in [0, 0.1) is 5.41 Å². The summed E-state index contributed by atoms with van der Waals surface area (Å²) in [6.45, 7) is 5.71. The van der Waals surface area contributed by atoms with Gasteiger partial charge in [-0.1, -0.05) is 61.3 Å². The molecule has 116 valence electrons. The van der Waals surface area contributed by atoms with Gasteiger partial charge in [-0.15, -0.1) is 0 Å². The first kappa shape index (κ1) is 18.2. The number of nitrogen functional groups attached to an aromatic ring is 1. The maximum atomic E-state index is 7.60. The van der Waals surface area contributed by atoms with Gasteiger partial charge in [0.1, 0.15) is 0 Å². The number of aromatic nitrogens is 1. The molecule has 22 heavy (non-hydrogen) atoms. The van der Waals surface area contributed by atoms with Crippen LogP contribution in [0.5, 0.6) is 0 Å². The lowest BCUT2D eigenvalue weighted by Gasteiger charge is -2.05. The molecule has 0 aliphatic rings. The molecule has 0 bridgehead atoms. The molecule has 1 aromatic heterocycles. The van der Waals surface area contributed by atoms with E-state index in [0.29, 0.717) is 27.0 Å². The lowest BCUT2D eigenvalue weighted by molar-refractivity contribution is 1.32. The highest BCUT2D eigenvalue weighted by atomic mass is 35.5. The summed E-state index contributed by atoms with van der Waals surface area (Å²) < 4.78 is 0. The van der Waals surface area contributed by atoms with E-state index in [0.717, 1.165) is 11.1 Å². The van der Waals surface area contributed by atoms with Crippen LogP contribution in [0.15, 0.2) is 30.6 Å². The summed E-state index contributed by atoms with van der Waals surface area (Å²) in [5.74, 6) is 0. The maximum Gasteiger partial charge on any atom is 0.0676 e. The number of anilines is 1. The van der Waals surface area contributed by atoms with Crippen molar-refractivity contribution in [2.75, 3.05) is 5.73 Å². The number of pyridine rings is 1. The zero-order chi connectivity index (χ0) is 16.7. The fraction of sp³-hybridized carbons (Fsp3) is 0.176. The lowest BCUT2D eigenvalue weighted by Crippen LogP contribution is -1.99. The predicted octanol–water partition coefficient (Wildman–Crippen LogP) is 5.55. The second-order valence-electron chi connectivity index (χ2n) is 4.32. The van der Waals surface area contributed by atoms with E-state index in [1.165, 1.54) is 0 Å². The van der Waals surface area contributed by atoms with Gasteiger partial charge in [0.25, 0.3) is 0 Å². The van der Waals surface area contributed by atoms with E-state index in [-0.39, 0.29) is 0 Å². The van der Waals surface area contributed by atoms with Crippen LogP contribution in [-0.2, 0) is 0 Å². The number of benzene rings is 1. The largest absolute Gasteiger partial charge is 0.398 e. The summed E-state index contributed by atoms with van der Waals surface area (Å²) >= 11 is 12.1. The number of hydrogen-bond donors (Lipinski definition) is 2. The molecule has 0 radical (unpaired) electrons. The number of nitrogens with one attached hydrogen (secondary N) is 1. The van der Waals surface area contributed by atoms with Crippen molar-refractivity contribution in [1.29, 1.82) is 5.41 Å². The van der Waals surface area contributed by atoms with Gasteiger partial charge >= 0.3 is 0 Å². The van der Waals surface area contributed by atoms with E-state index in [1.807, 2.05) is 44.2 Å². The third kappa shape index (κ3) is 4.58. The van der Waals surface area contributed by atoms with E-state index < -0.39 is 0 Å². The molecule has 0 spiro atoms. The van der Waals surface area contributed by atoms with E-state index in [1.54, 1.807) is 19.3 Å². The Labute approximate surface area is 141 Å². The Morgan fingerprint density at radius 1 is 1.14 bits per heavy atom. The molecule has 0 aliphatic carbocycles. The average Bonchev–Trinajstić information content (AvgIpc) is 2.48. The minimum absolute atomic E-state index is 0.443. The number of nitrogens with zero attached hydrogens (tertiary/aromatic N) is 1. The van der Waals surface area contributed by atoms with Crippen LogP contribution in [-0.4, -0.2) is 10.7 Å². The molecule has 0 amide bonds. The van der Waals surface area contributed by atoms with Gasteiger partial charge in [-0.05, 0) is 18.6 Å². The van der Waals surface area contributed by atoms with Crippen molar-refractivity contribution in [3.05, 3.63) is 57.3 Å². The fourth-order valence-corrected chi connectivity index (χ4v) is 2.28. The Hall–Kier alpha value is -1.84. The van der Waals surface area contributed by atoms with Crippen molar-refractivity contribution >= 4 is 46.8 Å². The Morgan fingerprint density at radius 3 is 2.23 bits per heavy atom. The van der Waals surface area contributed by atoms with Crippen LogP contribution < -0.4 is 5.73 Å². The van der Waals surface area contributed by atoms with Crippen molar-refractivity contribution in [2.45, 2.75) is 20.8 Å². The van der Waals surface area contributed by atoms with Crippen LogP contribution in [0.1, 0.15) is 37.5 Å². The molecule has 1 aromatic carbocycles. The molecule has 2 rings (SSSR count). The van der Waals surface area contributed by atoms with Crippen LogP contribution >= 0.6 is 23.2 Å². The van der Waals surface area contributed by atoms with Gasteiger partial charge in [0.2, 0.25) is 0 Å². The Morgan fingerprint density at radius 2 is 1.73 bits per heavy atom. The molecule has 0 aliphatic heterocycles. The van der Waals surface area contributed by atoms with Gasteiger partial charge in [0.15, 0.2) is 0 Å². The van der Waals surface area contributed by atoms with Crippen molar-refractivity contribution in [1.82, 2.24) is 4.98 Å². The normalized spacial score (nSPS) is 10.2. The molecule has 0 saturated carbocycles. The molecule has 0 saturated heterocycles. The molecule has 1 heterocycles. The molecule has 5 heteroatoms. The quantitative estimate of drug-likeness (QED) is 0.570. The van der Waals surface area contributed by atoms with Crippen LogP contribution in [0.2, 0.25) is 10.0 Å². The number of nitrogens with two attached hydrogens (primary N) is 1. The lowest BCUT2D eigenvalue weighted by atomic mass is 10.1. The Kier molecular flexibility index (Phi) is 7.09. The van der Waals surface area contributed by atoms with Crippen LogP contribution in [0.25, 0.3) is 12.2 Å². The summed E-state index contributed by atoms with van der Waals surface area (Å²) in [6, 6.07) is 5.53. The van der Waals surface area contributed by atoms with Gasteiger partial charge in [-0.3, -0.25) is 4.98 Å². The summed E-state index contributed by atoms with van der Waals surface area (Å²) in [4.78, 5) is 3.90. The highest BCUT2D eigenvalue weighted by Crippen LogP contribution is 2.25. The molecule has 0 fully saturated rings. The minimum atomic E-state index is 0.443. The summed E-state index contributed by atoms with van der Waals surface area (Å²) in [6.07, 6.45) is 6.77. The van der Waals surface area contributed by atoms with Crippen molar-refractivity contribution in [3.63, 3.8) is 0 Å². The highest BCUT2D eigenvalue weighted by molar-refractivity contribution is 6.37. The predicted molar refractivity (Wildman–Crippen MR) is 97.9 cm³/mol. The first-order chi connectivity index (χ1) is 10.5. The van der Waals surface area contributed by atoms with E-state index in [9.17, 15) is 0 Å². The second-order valence-corrected chi connectivity index (χ2v) is 5.14. The third-order valence-corrected chi connectivity index (χ3v) is 3.41. The Balaban J connectivity index is 0.00000116. The van der Waals surface area contributed by atoms with Gasteiger partial charge in [-0.2, -0.15) is 0 Å². The monoisotopic (exact) mass is 335 g/mol. The summed E-state index contributed by atoms with van der Waals surface area (Å²) in [7, 11) is 0. The highest BCUT2D eigenvalue weighted by Gasteiger charge is 2.04. The molecule has 2 aromatic rings. The van der Waals surface area contributed by atoms with E-state index >= 15 is 0 Å². The first-order valence-electron chi connectivity index (χ1n) is 6.91. The third-order valence-electron chi connectivity index (χ3n) is 2.81. The second kappa shape index (κ2) is 8.57. The number of hydrogen-bond acceptors (Lipinski definition) is 3. The summed E-state index contributed by atoms with van der Waals surface area (Å²) in [5.41, 5.74) is 9.30. The van der Waals surface area contributed by atoms with Crippen LogP contribution in [0.4, 0.5) is 5.69 Å². The zero-order valence-corrected chi connectivity index (χ0v) is 14.3. The van der Waals surface area contributed by atoms with Gasteiger partial charge in [0.05, 0.1) is 10.0 Å². The van der Waals surface area contributed by atoms with E-state index in [2.05, 4.69) is 4.98 Å². The SMILES string of the molecule is CC.CC(=N)c1ccc(/C=C/c2c(Cl)cncc2Cl)cc1N. The molecule has 3 nitrogen and oxygen atoms in total. The molecular formula is C17H19Cl2N3. The van der Waals surface area contributed by atoms with Gasteiger partial charge < -0.3 is 11.1 Å². The Bertz CT molecular complexity index is 674. The van der Waals surface area contributed by atoms with Crippen molar-refractivity contribution in [3.8, 4) is 0 Å². The summed E-state index contributed by atoms with van der Waals surface area (Å²) in [5, 5.41) is 8.59. The average molecular weight is 336 g/mol. The smallest absolute Gasteiger partial charge is 0.0676 e. The van der Waals surface area contributed by atoms with E-state index in [4.69, 9.17) is 34.3 Å². The molecular weight excluding hydrogens is 317 g/mol.